The molecule has 2 atom stereocenters. The van der Waals surface area contributed by atoms with E-state index < -0.39 is 10.0 Å². The third-order valence-corrected chi connectivity index (χ3v) is 5.00. The zero-order valence-corrected chi connectivity index (χ0v) is 11.6. The molecule has 1 fully saturated rings. The number of sulfonamides is 1. The lowest BCUT2D eigenvalue weighted by Crippen LogP contribution is -2.30. The highest BCUT2D eigenvalue weighted by molar-refractivity contribution is 7.89. The van der Waals surface area contributed by atoms with Crippen LogP contribution in [0.4, 0.5) is 5.82 Å². The maximum absolute atomic E-state index is 12.4. The van der Waals surface area contributed by atoms with Crippen LogP contribution >= 0.6 is 0 Å². The Kier molecular flexibility index (Phi) is 4.04. The first-order chi connectivity index (χ1) is 8.98. The SMILES string of the molecule is COC1CN(S(=O)(=O)c2ccc(N)nc2)CC1OC. The van der Waals surface area contributed by atoms with Crippen LogP contribution in [0.15, 0.2) is 23.2 Å². The summed E-state index contributed by atoms with van der Waals surface area (Å²) in [6.45, 7) is 0.531. The van der Waals surface area contributed by atoms with Crippen molar-refractivity contribution in [3.63, 3.8) is 0 Å². The van der Waals surface area contributed by atoms with Gasteiger partial charge in [-0.3, -0.25) is 0 Å². The number of methoxy groups -OCH3 is 2. The number of anilines is 1. The summed E-state index contributed by atoms with van der Waals surface area (Å²) < 4.78 is 36.6. The van der Waals surface area contributed by atoms with Crippen molar-refractivity contribution in [1.29, 1.82) is 0 Å². The molecule has 0 bridgehead atoms. The van der Waals surface area contributed by atoms with E-state index in [1.165, 1.54) is 36.9 Å². The summed E-state index contributed by atoms with van der Waals surface area (Å²) in [7, 11) is -0.508. The fraction of sp³-hybridized carbons (Fsp3) is 0.545. The molecule has 0 amide bonds. The Hall–Kier alpha value is -1.22. The highest BCUT2D eigenvalue weighted by atomic mass is 32.2. The van der Waals surface area contributed by atoms with Crippen LogP contribution in [0.1, 0.15) is 0 Å². The van der Waals surface area contributed by atoms with Crippen LogP contribution < -0.4 is 5.73 Å². The van der Waals surface area contributed by atoms with Crippen LogP contribution in [0.2, 0.25) is 0 Å². The lowest BCUT2D eigenvalue weighted by molar-refractivity contribution is -0.00461. The molecule has 1 aliphatic heterocycles. The monoisotopic (exact) mass is 287 g/mol. The van der Waals surface area contributed by atoms with Crippen molar-refractivity contribution in [1.82, 2.24) is 9.29 Å². The van der Waals surface area contributed by atoms with E-state index in [2.05, 4.69) is 4.98 Å². The first kappa shape index (κ1) is 14.2. The average Bonchev–Trinajstić information content (AvgIpc) is 2.83. The normalized spacial score (nSPS) is 24.7. The summed E-state index contributed by atoms with van der Waals surface area (Å²) in [6, 6.07) is 2.91. The van der Waals surface area contributed by atoms with Gasteiger partial charge in [0.25, 0.3) is 0 Å². The average molecular weight is 287 g/mol. The van der Waals surface area contributed by atoms with Gasteiger partial charge in [-0.2, -0.15) is 4.31 Å². The highest BCUT2D eigenvalue weighted by Gasteiger charge is 2.39. The minimum Gasteiger partial charge on any atom is -0.384 e. The summed E-state index contributed by atoms with van der Waals surface area (Å²) in [6.07, 6.45) is 0.732. The number of hydrogen-bond acceptors (Lipinski definition) is 6. The van der Waals surface area contributed by atoms with Crippen LogP contribution in [-0.4, -0.2) is 57.2 Å². The Bertz CT molecular complexity index is 519. The van der Waals surface area contributed by atoms with Gasteiger partial charge in [0.2, 0.25) is 10.0 Å². The van der Waals surface area contributed by atoms with E-state index in [0.29, 0.717) is 0 Å². The lowest BCUT2D eigenvalue weighted by atomic mass is 10.3. The Labute approximate surface area is 112 Å². The van der Waals surface area contributed by atoms with Gasteiger partial charge in [-0.25, -0.2) is 13.4 Å². The minimum atomic E-state index is -3.59. The molecule has 1 saturated heterocycles. The van der Waals surface area contributed by atoms with Crippen molar-refractivity contribution < 1.29 is 17.9 Å². The molecular formula is C11H17N3O4S. The van der Waals surface area contributed by atoms with E-state index in [-0.39, 0.29) is 36.0 Å². The topological polar surface area (TPSA) is 94.8 Å². The summed E-state index contributed by atoms with van der Waals surface area (Å²) in [5.41, 5.74) is 5.45. The molecule has 7 nitrogen and oxygen atoms in total. The molecule has 106 valence electrons. The van der Waals surface area contributed by atoms with E-state index >= 15 is 0 Å². The maximum atomic E-state index is 12.4. The molecule has 0 spiro atoms. The van der Waals surface area contributed by atoms with Crippen molar-refractivity contribution in [2.45, 2.75) is 17.1 Å². The molecule has 0 aliphatic carbocycles. The lowest BCUT2D eigenvalue weighted by Gasteiger charge is -2.15. The second-order valence-electron chi connectivity index (χ2n) is 4.29. The number of ether oxygens (including phenoxy) is 2. The molecule has 2 heterocycles. The van der Waals surface area contributed by atoms with Gasteiger partial charge in [0.1, 0.15) is 10.7 Å². The summed E-state index contributed by atoms with van der Waals surface area (Å²) >= 11 is 0. The quantitative estimate of drug-likeness (QED) is 0.817. The number of rotatable bonds is 4. The summed E-state index contributed by atoms with van der Waals surface area (Å²) in [4.78, 5) is 3.92. The van der Waals surface area contributed by atoms with Crippen LogP contribution in [0, 0.1) is 0 Å². The third-order valence-electron chi connectivity index (χ3n) is 3.18. The van der Waals surface area contributed by atoms with Gasteiger partial charge in [0.05, 0.1) is 12.2 Å². The van der Waals surface area contributed by atoms with Crippen LogP contribution in [0.25, 0.3) is 0 Å². The van der Waals surface area contributed by atoms with Gasteiger partial charge in [-0.15, -0.1) is 0 Å². The number of pyridine rings is 1. The maximum Gasteiger partial charge on any atom is 0.244 e. The van der Waals surface area contributed by atoms with Crippen LogP contribution in [0.3, 0.4) is 0 Å². The Morgan fingerprint density at radius 1 is 1.26 bits per heavy atom. The van der Waals surface area contributed by atoms with Gasteiger partial charge in [0, 0.05) is 33.5 Å². The van der Waals surface area contributed by atoms with Crippen molar-refractivity contribution in [3.8, 4) is 0 Å². The first-order valence-electron chi connectivity index (χ1n) is 5.76. The molecule has 1 aromatic rings. The van der Waals surface area contributed by atoms with Gasteiger partial charge in [-0.05, 0) is 12.1 Å². The van der Waals surface area contributed by atoms with Crippen LogP contribution in [-0.2, 0) is 19.5 Å². The Balaban J connectivity index is 2.24. The molecule has 0 aromatic carbocycles. The van der Waals surface area contributed by atoms with E-state index in [0.717, 1.165) is 0 Å². The molecule has 1 aromatic heterocycles. The highest BCUT2D eigenvalue weighted by Crippen LogP contribution is 2.23. The number of hydrogen-bond donors (Lipinski definition) is 1. The minimum absolute atomic E-state index is 0.119. The van der Waals surface area contributed by atoms with Crippen LogP contribution in [0.5, 0.6) is 0 Å². The molecule has 2 rings (SSSR count). The fourth-order valence-electron chi connectivity index (χ4n) is 2.05. The van der Waals surface area contributed by atoms with E-state index in [9.17, 15) is 8.42 Å². The molecule has 8 heteroatoms. The Morgan fingerprint density at radius 3 is 2.26 bits per heavy atom. The van der Waals surface area contributed by atoms with E-state index in [1.54, 1.807) is 0 Å². The first-order valence-corrected chi connectivity index (χ1v) is 7.20. The standard InChI is InChI=1S/C11H17N3O4S/c1-17-9-6-14(7-10(9)18-2)19(15,16)8-3-4-11(12)13-5-8/h3-5,9-10H,6-7H2,1-2H3,(H2,12,13). The zero-order valence-electron chi connectivity index (χ0n) is 10.8. The number of aromatic nitrogens is 1. The molecule has 1 aliphatic rings. The molecule has 2 N–H and O–H groups in total. The summed E-state index contributed by atoms with van der Waals surface area (Å²) in [5.74, 6) is 0.282. The van der Waals surface area contributed by atoms with Gasteiger partial charge in [0.15, 0.2) is 0 Å². The summed E-state index contributed by atoms with van der Waals surface area (Å²) in [5, 5.41) is 0. The van der Waals surface area contributed by atoms with Crippen molar-refractivity contribution >= 4 is 15.8 Å². The molecular weight excluding hydrogens is 270 g/mol. The molecule has 19 heavy (non-hydrogen) atoms. The second-order valence-corrected chi connectivity index (χ2v) is 6.23. The zero-order chi connectivity index (χ0) is 14.0. The molecule has 2 unspecified atom stereocenters. The van der Waals surface area contributed by atoms with Crippen molar-refractivity contribution in [2.24, 2.45) is 0 Å². The molecule has 0 saturated carbocycles. The van der Waals surface area contributed by atoms with Gasteiger partial charge < -0.3 is 15.2 Å². The number of nitrogen functional groups attached to an aromatic ring is 1. The van der Waals surface area contributed by atoms with E-state index in [4.69, 9.17) is 15.2 Å². The predicted molar refractivity (Wildman–Crippen MR) is 69.0 cm³/mol. The fourth-order valence-corrected chi connectivity index (χ4v) is 3.46. The predicted octanol–water partition coefficient (Wildman–Crippen LogP) is -0.302. The van der Waals surface area contributed by atoms with Gasteiger partial charge >= 0.3 is 0 Å². The third kappa shape index (κ3) is 2.71. The van der Waals surface area contributed by atoms with E-state index in [1.807, 2.05) is 0 Å². The Morgan fingerprint density at radius 2 is 1.84 bits per heavy atom. The van der Waals surface area contributed by atoms with Crippen molar-refractivity contribution in [2.75, 3.05) is 33.0 Å². The number of nitrogens with zero attached hydrogens (tertiary/aromatic N) is 2. The largest absolute Gasteiger partial charge is 0.384 e. The van der Waals surface area contributed by atoms with Gasteiger partial charge in [-0.1, -0.05) is 0 Å². The second kappa shape index (κ2) is 5.41. The smallest absolute Gasteiger partial charge is 0.244 e. The number of nitrogens with two attached hydrogens (primary N) is 1. The van der Waals surface area contributed by atoms with Crippen molar-refractivity contribution in [3.05, 3.63) is 18.3 Å². The molecule has 0 radical (unpaired) electrons.